The zero-order valence-corrected chi connectivity index (χ0v) is 21.8. The summed E-state index contributed by atoms with van der Waals surface area (Å²) < 4.78 is 7.40. The van der Waals surface area contributed by atoms with E-state index in [1.54, 1.807) is 10.6 Å². The first kappa shape index (κ1) is 25.2. The van der Waals surface area contributed by atoms with Crippen LogP contribution in [0, 0.1) is 0 Å². The SMILES string of the molecule is CC(C)(C)OC(=O)n1c(-c2cc(C=CCO)cc3c2C(=O)NC3)cc2cc(CN3CCCCC3)ccc21. The van der Waals surface area contributed by atoms with Gasteiger partial charge in [0, 0.05) is 24.0 Å². The van der Waals surface area contributed by atoms with Crippen LogP contribution in [0.1, 0.15) is 67.1 Å². The van der Waals surface area contributed by atoms with Crippen molar-refractivity contribution in [2.75, 3.05) is 19.7 Å². The summed E-state index contributed by atoms with van der Waals surface area (Å²) in [4.78, 5) is 28.9. The van der Waals surface area contributed by atoms with Gasteiger partial charge in [0.05, 0.1) is 23.4 Å². The Morgan fingerprint density at radius 2 is 1.89 bits per heavy atom. The standard InChI is InChI=1S/C30H35N3O4/c1-30(2,3)37-29(36)33-25-10-9-21(19-32-11-5-4-6-12-32)15-22(25)17-26(33)24-16-20(8-7-13-34)14-23-18-31-28(35)27(23)24/h7-10,14-17,34H,4-6,11-13,18-19H2,1-3H3,(H,31,35). The number of aliphatic hydroxyl groups excluding tert-OH is 1. The third-order valence-electron chi connectivity index (χ3n) is 6.90. The van der Waals surface area contributed by atoms with Crippen LogP contribution in [0.15, 0.2) is 42.5 Å². The van der Waals surface area contributed by atoms with E-state index in [4.69, 9.17) is 4.74 Å². The Morgan fingerprint density at radius 3 is 2.62 bits per heavy atom. The Labute approximate surface area is 217 Å². The molecule has 1 fully saturated rings. The number of carbonyl (C=O) groups is 2. The van der Waals surface area contributed by atoms with Crippen LogP contribution in [0.5, 0.6) is 0 Å². The average Bonchev–Trinajstić information content (AvgIpc) is 3.42. The number of nitrogens with zero attached hydrogens (tertiary/aromatic N) is 2. The Hall–Kier alpha value is -3.42. The first-order chi connectivity index (χ1) is 17.7. The van der Waals surface area contributed by atoms with Gasteiger partial charge in [-0.1, -0.05) is 24.6 Å². The lowest BCUT2D eigenvalue weighted by Crippen LogP contribution is -2.29. The summed E-state index contributed by atoms with van der Waals surface area (Å²) >= 11 is 0. The molecule has 0 spiro atoms. The highest BCUT2D eigenvalue weighted by atomic mass is 16.6. The van der Waals surface area contributed by atoms with Crippen LogP contribution in [0.2, 0.25) is 0 Å². The second-order valence-corrected chi connectivity index (χ2v) is 10.9. The molecular weight excluding hydrogens is 466 g/mol. The molecule has 1 saturated heterocycles. The van der Waals surface area contributed by atoms with Crippen molar-refractivity contribution in [3.8, 4) is 11.3 Å². The van der Waals surface area contributed by atoms with Crippen LogP contribution in [-0.4, -0.2) is 51.9 Å². The summed E-state index contributed by atoms with van der Waals surface area (Å²) in [5.41, 5.74) is 4.85. The Balaban J connectivity index is 1.67. The Kier molecular flexibility index (Phi) is 6.92. The zero-order chi connectivity index (χ0) is 26.2. The second kappa shape index (κ2) is 10.1. The highest BCUT2D eigenvalue weighted by Crippen LogP contribution is 2.36. The van der Waals surface area contributed by atoms with E-state index in [0.717, 1.165) is 41.7 Å². The van der Waals surface area contributed by atoms with E-state index in [9.17, 15) is 14.7 Å². The zero-order valence-electron chi connectivity index (χ0n) is 21.8. The number of benzene rings is 2. The number of nitrogens with one attached hydrogen (secondary N) is 1. The number of likely N-dealkylation sites (tertiary alicyclic amines) is 1. The molecule has 0 bridgehead atoms. The molecule has 2 aliphatic rings. The highest BCUT2D eigenvalue weighted by molar-refractivity contribution is 6.07. The number of ether oxygens (including phenoxy) is 1. The molecule has 37 heavy (non-hydrogen) atoms. The van der Waals surface area contributed by atoms with Gasteiger partial charge >= 0.3 is 6.09 Å². The first-order valence-electron chi connectivity index (χ1n) is 13.1. The molecule has 2 aliphatic heterocycles. The van der Waals surface area contributed by atoms with Gasteiger partial charge in [0.25, 0.3) is 5.91 Å². The van der Waals surface area contributed by atoms with Gasteiger partial charge in [0.2, 0.25) is 0 Å². The number of rotatable bonds is 5. The summed E-state index contributed by atoms with van der Waals surface area (Å²) in [6.45, 7) is 8.98. The predicted molar refractivity (Wildman–Crippen MR) is 145 cm³/mol. The van der Waals surface area contributed by atoms with Gasteiger partial charge in [-0.15, -0.1) is 0 Å². The number of fused-ring (bicyclic) bond motifs is 2. The number of carbonyl (C=O) groups excluding carboxylic acids is 2. The van der Waals surface area contributed by atoms with Gasteiger partial charge in [-0.05, 0) is 93.7 Å². The van der Waals surface area contributed by atoms with Crippen molar-refractivity contribution in [1.29, 1.82) is 0 Å². The van der Waals surface area contributed by atoms with E-state index in [-0.39, 0.29) is 12.5 Å². The second-order valence-electron chi connectivity index (χ2n) is 10.9. The molecule has 7 heteroatoms. The first-order valence-corrected chi connectivity index (χ1v) is 13.1. The molecule has 0 aliphatic carbocycles. The molecular formula is C30H35N3O4. The maximum absolute atomic E-state index is 13.6. The fourth-order valence-electron chi connectivity index (χ4n) is 5.33. The monoisotopic (exact) mass is 501 g/mol. The number of hydrogen-bond donors (Lipinski definition) is 2. The largest absolute Gasteiger partial charge is 0.443 e. The summed E-state index contributed by atoms with van der Waals surface area (Å²) in [6, 6.07) is 12.0. The van der Waals surface area contributed by atoms with Crippen LogP contribution < -0.4 is 5.32 Å². The normalized spacial score (nSPS) is 16.4. The van der Waals surface area contributed by atoms with Gasteiger partial charge in [-0.2, -0.15) is 0 Å². The van der Waals surface area contributed by atoms with E-state index >= 15 is 0 Å². The van der Waals surface area contributed by atoms with Crippen LogP contribution >= 0.6 is 0 Å². The van der Waals surface area contributed by atoms with Crippen molar-refractivity contribution in [3.63, 3.8) is 0 Å². The number of amides is 1. The fourth-order valence-corrected chi connectivity index (χ4v) is 5.33. The lowest BCUT2D eigenvalue weighted by atomic mass is 9.96. The molecule has 5 rings (SSSR count). The van der Waals surface area contributed by atoms with Crippen LogP contribution in [0.3, 0.4) is 0 Å². The van der Waals surface area contributed by atoms with Crippen LogP contribution in [0.25, 0.3) is 28.2 Å². The topological polar surface area (TPSA) is 83.8 Å². The molecule has 3 heterocycles. The van der Waals surface area contributed by atoms with E-state index in [1.165, 1.54) is 24.8 Å². The minimum atomic E-state index is -0.676. The number of piperidine rings is 1. The van der Waals surface area contributed by atoms with Gasteiger partial charge < -0.3 is 15.2 Å². The van der Waals surface area contributed by atoms with Crippen molar-refractivity contribution in [1.82, 2.24) is 14.8 Å². The van der Waals surface area contributed by atoms with Crippen LogP contribution in [-0.2, 0) is 17.8 Å². The molecule has 0 radical (unpaired) electrons. The molecule has 0 atom stereocenters. The van der Waals surface area contributed by atoms with Crippen LogP contribution in [0.4, 0.5) is 4.79 Å². The lowest BCUT2D eigenvalue weighted by Gasteiger charge is -2.26. The molecule has 0 unspecified atom stereocenters. The maximum Gasteiger partial charge on any atom is 0.419 e. The minimum Gasteiger partial charge on any atom is -0.443 e. The molecule has 7 nitrogen and oxygen atoms in total. The smallest absolute Gasteiger partial charge is 0.419 e. The highest BCUT2D eigenvalue weighted by Gasteiger charge is 2.29. The number of hydrogen-bond acceptors (Lipinski definition) is 5. The number of aliphatic hydroxyl groups is 1. The molecule has 1 amide bonds. The number of aromatic nitrogens is 1. The minimum absolute atomic E-state index is 0.0818. The lowest BCUT2D eigenvalue weighted by molar-refractivity contribution is 0.0547. The average molecular weight is 502 g/mol. The van der Waals surface area contributed by atoms with E-state index in [1.807, 2.05) is 51.1 Å². The van der Waals surface area contributed by atoms with Crippen molar-refractivity contribution in [2.24, 2.45) is 0 Å². The van der Waals surface area contributed by atoms with Gasteiger partial charge in [-0.25, -0.2) is 9.36 Å². The summed E-state index contributed by atoms with van der Waals surface area (Å²) in [7, 11) is 0. The Morgan fingerprint density at radius 1 is 1.11 bits per heavy atom. The molecule has 2 N–H and O–H groups in total. The van der Waals surface area contributed by atoms with E-state index < -0.39 is 11.7 Å². The van der Waals surface area contributed by atoms with Crippen molar-refractivity contribution < 1.29 is 19.4 Å². The summed E-state index contributed by atoms with van der Waals surface area (Å²) in [5.74, 6) is -0.158. The van der Waals surface area contributed by atoms with Crippen molar-refractivity contribution >= 4 is 29.0 Å². The Bertz CT molecular complexity index is 1370. The fraction of sp³-hybridized carbons (Fsp3) is 0.400. The maximum atomic E-state index is 13.6. The van der Waals surface area contributed by atoms with Gasteiger partial charge in [-0.3, -0.25) is 9.69 Å². The van der Waals surface area contributed by atoms with Gasteiger partial charge in [0.1, 0.15) is 5.60 Å². The third-order valence-corrected chi connectivity index (χ3v) is 6.90. The quantitative estimate of drug-likeness (QED) is 0.494. The van der Waals surface area contributed by atoms with Crippen molar-refractivity contribution in [3.05, 3.63) is 64.7 Å². The van der Waals surface area contributed by atoms with Crippen molar-refractivity contribution in [2.45, 2.75) is 58.7 Å². The molecule has 3 aromatic rings. The molecule has 2 aromatic carbocycles. The summed E-state index contributed by atoms with van der Waals surface area (Å²) in [5, 5.41) is 13.1. The molecule has 0 saturated carbocycles. The van der Waals surface area contributed by atoms with Gasteiger partial charge in [0.15, 0.2) is 0 Å². The molecule has 194 valence electrons. The molecule has 1 aromatic heterocycles. The van der Waals surface area contributed by atoms with E-state index in [0.29, 0.717) is 23.4 Å². The van der Waals surface area contributed by atoms with E-state index in [2.05, 4.69) is 22.3 Å². The predicted octanol–water partition coefficient (Wildman–Crippen LogP) is 5.33. The summed E-state index contributed by atoms with van der Waals surface area (Å²) in [6.07, 6.45) is 6.76. The third kappa shape index (κ3) is 5.33.